The van der Waals surface area contributed by atoms with E-state index in [0.717, 1.165) is 35.9 Å². The molecule has 1 amide bonds. The van der Waals surface area contributed by atoms with Crippen LogP contribution in [0.5, 0.6) is 0 Å². The summed E-state index contributed by atoms with van der Waals surface area (Å²) in [6, 6.07) is 15.5. The van der Waals surface area contributed by atoms with Crippen LogP contribution in [0.25, 0.3) is 11.3 Å². The van der Waals surface area contributed by atoms with Crippen LogP contribution in [0.3, 0.4) is 0 Å². The van der Waals surface area contributed by atoms with Crippen LogP contribution in [0.2, 0.25) is 0 Å². The molecule has 1 aliphatic heterocycles. The average molecular weight is 402 g/mol. The molecule has 4 rings (SSSR count). The minimum atomic E-state index is -0.133. The second kappa shape index (κ2) is 9.05. The van der Waals surface area contributed by atoms with Gasteiger partial charge in [0.2, 0.25) is 0 Å². The molecule has 0 bridgehead atoms. The van der Waals surface area contributed by atoms with Crippen molar-refractivity contribution in [3.63, 3.8) is 0 Å². The highest BCUT2D eigenvalue weighted by atomic mass is 16.5. The zero-order valence-electron chi connectivity index (χ0n) is 17.3. The molecular formula is C24H26N4O2. The molecule has 1 saturated heterocycles. The van der Waals surface area contributed by atoms with Crippen molar-refractivity contribution < 1.29 is 9.53 Å². The van der Waals surface area contributed by atoms with Gasteiger partial charge in [-0.3, -0.25) is 9.78 Å². The molecule has 0 aliphatic carbocycles. The number of hydrogen-bond donors (Lipinski definition) is 1. The molecular weight excluding hydrogens is 376 g/mol. The lowest BCUT2D eigenvalue weighted by Crippen LogP contribution is -2.37. The smallest absolute Gasteiger partial charge is 0.255 e. The molecule has 0 atom stereocenters. The number of carbonyl (C=O) groups excluding carboxylic acids is 1. The molecule has 0 unspecified atom stereocenters. The molecule has 30 heavy (non-hydrogen) atoms. The van der Waals surface area contributed by atoms with Crippen molar-refractivity contribution in [3.05, 3.63) is 72.1 Å². The quantitative estimate of drug-likeness (QED) is 0.687. The van der Waals surface area contributed by atoms with Gasteiger partial charge in [0.25, 0.3) is 5.91 Å². The first kappa shape index (κ1) is 20.0. The monoisotopic (exact) mass is 402 g/mol. The summed E-state index contributed by atoms with van der Waals surface area (Å²) in [5, 5.41) is 2.96. The van der Waals surface area contributed by atoms with E-state index in [2.05, 4.69) is 34.0 Å². The van der Waals surface area contributed by atoms with Gasteiger partial charge in [0.1, 0.15) is 5.69 Å². The fourth-order valence-corrected chi connectivity index (χ4v) is 3.47. The second-order valence-electron chi connectivity index (χ2n) is 7.64. The Labute approximate surface area is 176 Å². The fraction of sp³-hybridized carbons (Fsp3) is 0.292. The number of aromatic nitrogens is 2. The molecule has 1 aromatic heterocycles. The predicted octanol–water partition coefficient (Wildman–Crippen LogP) is 4.36. The predicted molar refractivity (Wildman–Crippen MR) is 119 cm³/mol. The van der Waals surface area contributed by atoms with E-state index in [-0.39, 0.29) is 5.91 Å². The first-order valence-electron chi connectivity index (χ1n) is 10.3. The summed E-state index contributed by atoms with van der Waals surface area (Å²) in [5.74, 6) is 1.18. The number of nitrogens with one attached hydrogen (secondary N) is 1. The minimum absolute atomic E-state index is 0.133. The number of ether oxygens (including phenoxy) is 1. The number of hydrogen-bond acceptors (Lipinski definition) is 5. The summed E-state index contributed by atoms with van der Waals surface area (Å²) in [7, 11) is 0. The number of anilines is 2. The molecule has 0 saturated carbocycles. The van der Waals surface area contributed by atoms with E-state index in [1.165, 1.54) is 5.56 Å². The lowest BCUT2D eigenvalue weighted by Gasteiger charge is -2.28. The van der Waals surface area contributed by atoms with Gasteiger partial charge in [-0.1, -0.05) is 38.1 Å². The van der Waals surface area contributed by atoms with Gasteiger partial charge in [-0.25, -0.2) is 4.98 Å². The van der Waals surface area contributed by atoms with Gasteiger partial charge < -0.3 is 15.0 Å². The van der Waals surface area contributed by atoms with E-state index >= 15 is 0 Å². The summed E-state index contributed by atoms with van der Waals surface area (Å²) in [4.78, 5) is 23.9. The third kappa shape index (κ3) is 4.49. The van der Waals surface area contributed by atoms with Gasteiger partial charge in [-0.2, -0.15) is 0 Å². The Kier molecular flexibility index (Phi) is 6.05. The van der Waals surface area contributed by atoms with Crippen molar-refractivity contribution in [2.75, 3.05) is 36.5 Å². The lowest BCUT2D eigenvalue weighted by molar-refractivity contribution is 0.102. The second-order valence-corrected chi connectivity index (χ2v) is 7.64. The molecule has 2 heterocycles. The summed E-state index contributed by atoms with van der Waals surface area (Å²) in [5.41, 5.74) is 4.39. The Bertz CT molecular complexity index is 994. The molecule has 3 aromatic rings. The maximum absolute atomic E-state index is 12.6. The van der Waals surface area contributed by atoms with Crippen LogP contribution in [0.15, 0.2) is 60.9 Å². The van der Waals surface area contributed by atoms with E-state index in [1.807, 2.05) is 48.5 Å². The molecule has 0 radical (unpaired) electrons. The first-order chi connectivity index (χ1) is 14.6. The third-order valence-electron chi connectivity index (χ3n) is 5.25. The average Bonchev–Trinajstić information content (AvgIpc) is 2.80. The first-order valence-corrected chi connectivity index (χ1v) is 10.3. The third-order valence-corrected chi connectivity index (χ3v) is 5.25. The van der Waals surface area contributed by atoms with Gasteiger partial charge in [0, 0.05) is 42.3 Å². The van der Waals surface area contributed by atoms with Gasteiger partial charge in [-0.15, -0.1) is 0 Å². The van der Waals surface area contributed by atoms with Crippen molar-refractivity contribution in [2.45, 2.75) is 19.8 Å². The molecule has 6 nitrogen and oxygen atoms in total. The maximum atomic E-state index is 12.6. The maximum Gasteiger partial charge on any atom is 0.255 e. The van der Waals surface area contributed by atoms with Crippen LogP contribution < -0.4 is 10.2 Å². The fourth-order valence-electron chi connectivity index (χ4n) is 3.47. The van der Waals surface area contributed by atoms with Crippen molar-refractivity contribution in [1.29, 1.82) is 0 Å². The summed E-state index contributed by atoms with van der Waals surface area (Å²) >= 11 is 0. The molecule has 6 heteroatoms. The largest absolute Gasteiger partial charge is 0.378 e. The van der Waals surface area contributed by atoms with Crippen LogP contribution in [-0.2, 0) is 4.74 Å². The molecule has 2 aromatic carbocycles. The van der Waals surface area contributed by atoms with Crippen LogP contribution in [-0.4, -0.2) is 42.2 Å². The zero-order chi connectivity index (χ0) is 20.9. The van der Waals surface area contributed by atoms with Crippen LogP contribution in [0.4, 0.5) is 11.5 Å². The Morgan fingerprint density at radius 2 is 1.63 bits per heavy atom. The number of carbonyl (C=O) groups is 1. The van der Waals surface area contributed by atoms with Crippen LogP contribution in [0.1, 0.15) is 35.7 Å². The minimum Gasteiger partial charge on any atom is -0.378 e. The topological polar surface area (TPSA) is 67.4 Å². The zero-order valence-corrected chi connectivity index (χ0v) is 17.3. The highest BCUT2D eigenvalue weighted by molar-refractivity contribution is 6.04. The van der Waals surface area contributed by atoms with Gasteiger partial charge in [-0.05, 0) is 35.7 Å². The molecule has 1 aliphatic rings. The lowest BCUT2D eigenvalue weighted by atomic mass is 10.0. The summed E-state index contributed by atoms with van der Waals surface area (Å²) < 4.78 is 5.44. The van der Waals surface area contributed by atoms with Gasteiger partial charge >= 0.3 is 0 Å². The highest BCUT2D eigenvalue weighted by Gasteiger charge is 2.18. The van der Waals surface area contributed by atoms with Crippen molar-refractivity contribution in [1.82, 2.24) is 9.97 Å². The SMILES string of the molecule is CC(C)c1ccc(NC(=O)c2ccc(-c3nccnc3N3CCOCC3)cc2)cc1. The number of benzene rings is 2. The Balaban J connectivity index is 1.50. The van der Waals surface area contributed by atoms with E-state index in [0.29, 0.717) is 24.7 Å². The number of amides is 1. The molecule has 0 spiro atoms. The molecule has 1 fully saturated rings. The molecule has 1 N–H and O–H groups in total. The number of morpholine rings is 1. The normalized spacial score (nSPS) is 14.0. The summed E-state index contributed by atoms with van der Waals surface area (Å²) in [6.07, 6.45) is 3.40. The van der Waals surface area contributed by atoms with Gasteiger partial charge in [0.05, 0.1) is 13.2 Å². The standard InChI is InChI=1S/C24H26N4O2/c1-17(2)18-7-9-21(10-8-18)27-24(29)20-5-3-19(4-6-20)22-23(26-12-11-25-22)28-13-15-30-16-14-28/h3-12,17H,13-16H2,1-2H3,(H,27,29). The van der Waals surface area contributed by atoms with E-state index in [1.54, 1.807) is 12.4 Å². The Morgan fingerprint density at radius 3 is 2.30 bits per heavy atom. The van der Waals surface area contributed by atoms with E-state index in [4.69, 9.17) is 4.74 Å². The van der Waals surface area contributed by atoms with E-state index < -0.39 is 0 Å². The highest BCUT2D eigenvalue weighted by Crippen LogP contribution is 2.27. The van der Waals surface area contributed by atoms with Crippen LogP contribution >= 0.6 is 0 Å². The molecule has 154 valence electrons. The van der Waals surface area contributed by atoms with E-state index in [9.17, 15) is 4.79 Å². The number of nitrogens with zero attached hydrogens (tertiary/aromatic N) is 3. The Morgan fingerprint density at radius 1 is 0.967 bits per heavy atom. The van der Waals surface area contributed by atoms with Crippen molar-refractivity contribution >= 4 is 17.4 Å². The van der Waals surface area contributed by atoms with Crippen molar-refractivity contribution in [3.8, 4) is 11.3 Å². The summed E-state index contributed by atoms with van der Waals surface area (Å²) in [6.45, 7) is 7.26. The number of rotatable bonds is 5. The Hall–Kier alpha value is -3.25. The van der Waals surface area contributed by atoms with Crippen LogP contribution in [0, 0.1) is 0 Å². The van der Waals surface area contributed by atoms with Crippen molar-refractivity contribution in [2.24, 2.45) is 0 Å². The van der Waals surface area contributed by atoms with Gasteiger partial charge in [0.15, 0.2) is 5.82 Å².